The predicted molar refractivity (Wildman–Crippen MR) is 116 cm³/mol. The van der Waals surface area contributed by atoms with Crippen LogP contribution in [0.25, 0.3) is 0 Å². The van der Waals surface area contributed by atoms with Crippen molar-refractivity contribution in [1.29, 1.82) is 0 Å². The second-order valence-electron chi connectivity index (χ2n) is 6.26. The second kappa shape index (κ2) is 11.1. The molecule has 0 unspecified atom stereocenters. The third-order valence-electron chi connectivity index (χ3n) is 4.12. The van der Waals surface area contributed by atoms with Crippen LogP contribution in [0.2, 0.25) is 5.02 Å². The molecule has 0 bridgehead atoms. The number of amides is 2. The molecule has 0 heterocycles. The molecule has 0 atom stereocenters. The highest BCUT2D eigenvalue weighted by Gasteiger charge is 2.12. The fourth-order valence-electron chi connectivity index (χ4n) is 2.53. The van der Waals surface area contributed by atoms with Gasteiger partial charge in [0.05, 0.1) is 27.5 Å². The van der Waals surface area contributed by atoms with Crippen LogP contribution in [0.5, 0.6) is 17.2 Å². The van der Waals surface area contributed by atoms with E-state index in [-0.39, 0.29) is 18.7 Å². The van der Waals surface area contributed by atoms with Crippen LogP contribution in [0.15, 0.2) is 35.4 Å². The van der Waals surface area contributed by atoms with Gasteiger partial charge in [0.15, 0.2) is 11.5 Å². The van der Waals surface area contributed by atoms with Crippen LogP contribution in [0, 0.1) is 6.92 Å². The fourth-order valence-corrected chi connectivity index (χ4v) is 2.71. The first-order valence-electron chi connectivity index (χ1n) is 9.05. The van der Waals surface area contributed by atoms with Gasteiger partial charge in [0.25, 0.3) is 0 Å². The number of methoxy groups -OCH3 is 3. The minimum absolute atomic E-state index is 0.0109. The molecule has 2 aromatic carbocycles. The molecule has 0 saturated heterocycles. The molecule has 2 N–H and O–H groups in total. The van der Waals surface area contributed by atoms with Crippen LogP contribution in [0.3, 0.4) is 0 Å². The average Bonchev–Trinajstić information content (AvgIpc) is 2.74. The minimum Gasteiger partial charge on any atom is -0.493 e. The first-order valence-corrected chi connectivity index (χ1v) is 9.43. The smallest absolute Gasteiger partial charge is 0.240 e. The molecule has 2 amide bonds. The van der Waals surface area contributed by atoms with Crippen LogP contribution in [-0.2, 0) is 9.59 Å². The monoisotopic (exact) mass is 433 g/mol. The third-order valence-corrected chi connectivity index (χ3v) is 4.53. The second-order valence-corrected chi connectivity index (χ2v) is 6.67. The summed E-state index contributed by atoms with van der Waals surface area (Å²) in [6.45, 7) is 1.87. The Kier molecular flexibility index (Phi) is 8.49. The number of nitrogens with zero attached hydrogens (tertiary/aromatic N) is 1. The van der Waals surface area contributed by atoms with Crippen molar-refractivity contribution in [2.24, 2.45) is 5.10 Å². The summed E-state index contributed by atoms with van der Waals surface area (Å²) < 4.78 is 15.8. The number of hydrogen-bond acceptors (Lipinski definition) is 6. The lowest BCUT2D eigenvalue weighted by Gasteiger charge is -2.12. The maximum absolute atomic E-state index is 12.0. The molecule has 0 aliphatic heterocycles. The Hall–Kier alpha value is -3.26. The summed E-state index contributed by atoms with van der Waals surface area (Å²) >= 11 is 6.03. The molecular weight excluding hydrogens is 410 g/mol. The van der Waals surface area contributed by atoms with Gasteiger partial charge >= 0.3 is 0 Å². The number of anilines is 1. The summed E-state index contributed by atoms with van der Waals surface area (Å²) in [5, 5.41) is 7.17. The van der Waals surface area contributed by atoms with Gasteiger partial charge in [-0.3, -0.25) is 9.59 Å². The van der Waals surface area contributed by atoms with Gasteiger partial charge in [-0.15, -0.1) is 0 Å². The Labute approximate surface area is 180 Å². The number of ether oxygens (including phenoxy) is 3. The molecule has 0 spiro atoms. The zero-order valence-electron chi connectivity index (χ0n) is 17.2. The van der Waals surface area contributed by atoms with E-state index in [9.17, 15) is 9.59 Å². The van der Waals surface area contributed by atoms with Crippen LogP contribution in [0.4, 0.5) is 5.69 Å². The lowest BCUT2D eigenvalue weighted by Crippen LogP contribution is -2.20. The topological polar surface area (TPSA) is 98.2 Å². The number of rotatable bonds is 9. The Balaban J connectivity index is 1.87. The number of nitrogens with one attached hydrogen (secondary N) is 2. The van der Waals surface area contributed by atoms with E-state index in [1.807, 2.05) is 13.0 Å². The summed E-state index contributed by atoms with van der Waals surface area (Å²) in [7, 11) is 4.53. The van der Waals surface area contributed by atoms with E-state index in [1.54, 1.807) is 24.3 Å². The molecule has 0 fully saturated rings. The average molecular weight is 434 g/mol. The van der Waals surface area contributed by atoms with Crippen LogP contribution >= 0.6 is 11.6 Å². The Morgan fingerprint density at radius 1 is 1.00 bits per heavy atom. The summed E-state index contributed by atoms with van der Waals surface area (Å²) in [5.41, 5.74) is 4.52. The first-order chi connectivity index (χ1) is 14.4. The van der Waals surface area contributed by atoms with Crippen molar-refractivity contribution in [1.82, 2.24) is 5.43 Å². The number of hydrazone groups is 1. The van der Waals surface area contributed by atoms with Crippen molar-refractivity contribution in [3.8, 4) is 17.2 Å². The van der Waals surface area contributed by atoms with Crippen molar-refractivity contribution in [2.45, 2.75) is 19.8 Å². The number of hydrogen-bond donors (Lipinski definition) is 2. The van der Waals surface area contributed by atoms with Crippen molar-refractivity contribution in [2.75, 3.05) is 26.6 Å². The fraction of sp³-hybridized carbons (Fsp3) is 0.286. The molecule has 0 aliphatic carbocycles. The predicted octanol–water partition coefficient (Wildman–Crippen LogP) is 3.54. The maximum atomic E-state index is 12.0. The molecule has 0 aliphatic rings. The number of carbonyl (C=O) groups excluding carboxylic acids is 2. The molecule has 9 heteroatoms. The van der Waals surface area contributed by atoms with Crippen LogP contribution in [0.1, 0.15) is 24.0 Å². The lowest BCUT2D eigenvalue weighted by atomic mass is 10.2. The molecule has 8 nitrogen and oxygen atoms in total. The summed E-state index contributed by atoms with van der Waals surface area (Å²) in [6.07, 6.45) is 1.44. The SMILES string of the molecule is COc1cc(C=NNC(=O)CCC(=O)Nc2ccc(C)c(Cl)c2)cc(OC)c1OC. The molecule has 2 aromatic rings. The zero-order valence-corrected chi connectivity index (χ0v) is 18.0. The van der Waals surface area contributed by atoms with Gasteiger partial charge < -0.3 is 19.5 Å². The summed E-state index contributed by atoms with van der Waals surface area (Å²) in [5.74, 6) is 0.714. The highest BCUT2D eigenvalue weighted by Crippen LogP contribution is 2.37. The summed E-state index contributed by atoms with van der Waals surface area (Å²) in [4.78, 5) is 23.9. The molecule has 30 heavy (non-hydrogen) atoms. The standard InChI is InChI=1S/C21H24ClN3O5/c1-13-5-6-15(11-16(13)22)24-19(26)7-8-20(27)25-23-12-14-9-17(28-2)21(30-4)18(10-14)29-3/h5-6,9-12H,7-8H2,1-4H3,(H,24,26)(H,25,27). The van der Waals surface area contributed by atoms with E-state index in [0.717, 1.165) is 5.56 Å². The van der Waals surface area contributed by atoms with Gasteiger partial charge in [0.1, 0.15) is 0 Å². The highest BCUT2D eigenvalue weighted by atomic mass is 35.5. The largest absolute Gasteiger partial charge is 0.493 e. The van der Waals surface area contributed by atoms with Crippen molar-refractivity contribution < 1.29 is 23.8 Å². The molecular formula is C21H24ClN3O5. The maximum Gasteiger partial charge on any atom is 0.240 e. The molecule has 0 saturated carbocycles. The van der Waals surface area contributed by atoms with Crippen molar-refractivity contribution in [3.05, 3.63) is 46.5 Å². The first kappa shape index (κ1) is 23.0. The third kappa shape index (κ3) is 6.38. The number of benzene rings is 2. The molecule has 160 valence electrons. The van der Waals surface area contributed by atoms with E-state index in [2.05, 4.69) is 15.8 Å². The van der Waals surface area contributed by atoms with E-state index < -0.39 is 5.91 Å². The zero-order chi connectivity index (χ0) is 22.1. The minimum atomic E-state index is -0.393. The Morgan fingerprint density at radius 2 is 1.63 bits per heavy atom. The quantitative estimate of drug-likeness (QED) is 0.465. The van der Waals surface area contributed by atoms with Gasteiger partial charge in [-0.05, 0) is 36.8 Å². The Bertz CT molecular complexity index is 921. The van der Waals surface area contributed by atoms with E-state index in [0.29, 0.717) is 33.5 Å². The molecule has 0 radical (unpaired) electrons. The lowest BCUT2D eigenvalue weighted by molar-refractivity contribution is -0.124. The van der Waals surface area contributed by atoms with Crippen LogP contribution < -0.4 is 25.0 Å². The molecule has 0 aromatic heterocycles. The normalized spacial score (nSPS) is 10.6. The van der Waals surface area contributed by atoms with Gasteiger partial charge in [-0.2, -0.15) is 5.10 Å². The Morgan fingerprint density at radius 3 is 2.20 bits per heavy atom. The number of halogens is 1. The van der Waals surface area contributed by atoms with Gasteiger partial charge in [0.2, 0.25) is 17.6 Å². The van der Waals surface area contributed by atoms with Gasteiger partial charge in [0, 0.05) is 29.1 Å². The van der Waals surface area contributed by atoms with E-state index in [4.69, 9.17) is 25.8 Å². The van der Waals surface area contributed by atoms with Crippen molar-refractivity contribution >= 4 is 35.3 Å². The van der Waals surface area contributed by atoms with Gasteiger partial charge in [-0.1, -0.05) is 17.7 Å². The number of carbonyl (C=O) groups is 2. The van der Waals surface area contributed by atoms with Crippen molar-refractivity contribution in [3.63, 3.8) is 0 Å². The highest BCUT2D eigenvalue weighted by molar-refractivity contribution is 6.31. The van der Waals surface area contributed by atoms with Crippen LogP contribution in [-0.4, -0.2) is 39.4 Å². The summed E-state index contributed by atoms with van der Waals surface area (Å²) in [6, 6.07) is 8.61. The molecule has 2 rings (SSSR count). The van der Waals surface area contributed by atoms with E-state index >= 15 is 0 Å². The number of aryl methyl sites for hydroxylation is 1. The van der Waals surface area contributed by atoms with E-state index in [1.165, 1.54) is 27.5 Å². The van der Waals surface area contributed by atoms with Gasteiger partial charge in [-0.25, -0.2) is 5.43 Å².